The summed E-state index contributed by atoms with van der Waals surface area (Å²) < 4.78 is 1.10. The number of fused-ring (bicyclic) bond motifs is 1. The summed E-state index contributed by atoms with van der Waals surface area (Å²) >= 11 is 1.56. The van der Waals surface area contributed by atoms with Crippen LogP contribution in [0.15, 0.2) is 42.6 Å². The first-order valence-electron chi connectivity index (χ1n) is 8.55. The minimum absolute atomic E-state index is 0.0666. The Bertz CT molecular complexity index is 980. The van der Waals surface area contributed by atoms with Gasteiger partial charge in [0.25, 0.3) is 0 Å². The van der Waals surface area contributed by atoms with Crippen molar-refractivity contribution in [2.24, 2.45) is 0 Å². The molecule has 0 atom stereocenters. The van der Waals surface area contributed by atoms with Crippen LogP contribution >= 0.6 is 11.3 Å². The van der Waals surface area contributed by atoms with Crippen LogP contribution in [0.3, 0.4) is 0 Å². The largest absolute Gasteiger partial charge is 0.325 e. The minimum atomic E-state index is -0.267. The van der Waals surface area contributed by atoms with Gasteiger partial charge in [0.05, 0.1) is 27.8 Å². The van der Waals surface area contributed by atoms with Gasteiger partial charge in [-0.2, -0.15) is 0 Å². The summed E-state index contributed by atoms with van der Waals surface area (Å²) in [6.45, 7) is 0.112. The normalized spacial score (nSPS) is 14.1. The van der Waals surface area contributed by atoms with Crippen LogP contribution in [-0.4, -0.2) is 39.1 Å². The van der Waals surface area contributed by atoms with E-state index in [4.69, 9.17) is 0 Å². The van der Waals surface area contributed by atoms with Gasteiger partial charge in [0.1, 0.15) is 5.01 Å². The lowest BCUT2D eigenvalue weighted by Crippen LogP contribution is -2.32. The van der Waals surface area contributed by atoms with Gasteiger partial charge < -0.3 is 5.32 Å². The van der Waals surface area contributed by atoms with E-state index in [9.17, 15) is 14.4 Å². The number of nitrogens with one attached hydrogen (secondary N) is 1. The van der Waals surface area contributed by atoms with Crippen molar-refractivity contribution in [3.8, 4) is 10.7 Å². The van der Waals surface area contributed by atoms with Crippen molar-refractivity contribution in [1.29, 1.82) is 0 Å². The number of imide groups is 1. The number of anilines is 1. The molecule has 0 aliphatic carbocycles. The molecule has 2 aromatic heterocycles. The number of hydrogen-bond donors (Lipinski definition) is 1. The van der Waals surface area contributed by atoms with Crippen molar-refractivity contribution >= 4 is 45.0 Å². The fraction of sp³-hybridized carbons (Fsp3) is 0.211. The van der Waals surface area contributed by atoms with Gasteiger partial charge in [0, 0.05) is 25.8 Å². The predicted octanol–water partition coefficient (Wildman–Crippen LogP) is 2.84. The van der Waals surface area contributed by atoms with Crippen molar-refractivity contribution in [2.75, 3.05) is 11.9 Å². The maximum atomic E-state index is 12.1. The highest BCUT2D eigenvalue weighted by molar-refractivity contribution is 7.21. The molecule has 8 heteroatoms. The third kappa shape index (κ3) is 3.70. The summed E-state index contributed by atoms with van der Waals surface area (Å²) in [5.41, 5.74) is 2.23. The number of pyridine rings is 1. The topological polar surface area (TPSA) is 92.3 Å². The smallest absolute Gasteiger partial charge is 0.229 e. The van der Waals surface area contributed by atoms with E-state index in [2.05, 4.69) is 15.3 Å². The highest BCUT2D eigenvalue weighted by atomic mass is 32.1. The molecule has 0 spiro atoms. The summed E-state index contributed by atoms with van der Waals surface area (Å²) in [6, 6.07) is 11.5. The molecule has 1 N–H and O–H groups in total. The van der Waals surface area contributed by atoms with Crippen LogP contribution in [0.5, 0.6) is 0 Å². The van der Waals surface area contributed by atoms with E-state index in [1.54, 1.807) is 29.7 Å². The van der Waals surface area contributed by atoms with Crippen LogP contribution in [0, 0.1) is 0 Å². The first-order chi connectivity index (χ1) is 13.1. The number of amides is 3. The minimum Gasteiger partial charge on any atom is -0.325 e. The van der Waals surface area contributed by atoms with E-state index in [1.807, 2.05) is 24.3 Å². The average molecular weight is 380 g/mol. The summed E-state index contributed by atoms with van der Waals surface area (Å²) in [7, 11) is 0. The molecule has 1 fully saturated rings. The number of carbonyl (C=O) groups excluding carboxylic acids is 3. The molecular formula is C19H16N4O3S. The number of nitrogens with zero attached hydrogens (tertiary/aromatic N) is 3. The molecule has 1 aromatic carbocycles. The number of benzene rings is 1. The second-order valence-corrected chi connectivity index (χ2v) is 7.19. The number of hydrogen-bond acceptors (Lipinski definition) is 6. The molecule has 4 rings (SSSR count). The zero-order valence-electron chi connectivity index (χ0n) is 14.3. The fourth-order valence-corrected chi connectivity index (χ4v) is 3.83. The van der Waals surface area contributed by atoms with E-state index in [0.29, 0.717) is 5.69 Å². The van der Waals surface area contributed by atoms with E-state index >= 15 is 0 Å². The van der Waals surface area contributed by atoms with Crippen LogP contribution in [0.4, 0.5) is 5.69 Å². The standard InChI is InChI=1S/C19H16N4O3S/c24-16(9-10-23-17(25)7-8-18(23)26)21-12-5-6-14(20-11-12)19-22-13-3-1-2-4-15(13)27-19/h1-6,11H,7-10H2,(H,21,24). The van der Waals surface area contributed by atoms with Gasteiger partial charge in [-0.3, -0.25) is 24.3 Å². The third-order valence-electron chi connectivity index (χ3n) is 4.28. The first-order valence-corrected chi connectivity index (χ1v) is 9.37. The van der Waals surface area contributed by atoms with Gasteiger partial charge in [-0.05, 0) is 24.3 Å². The Morgan fingerprint density at radius 2 is 1.89 bits per heavy atom. The Morgan fingerprint density at radius 3 is 2.59 bits per heavy atom. The van der Waals surface area contributed by atoms with Crippen LogP contribution in [0.2, 0.25) is 0 Å². The molecule has 1 aliphatic heterocycles. The van der Waals surface area contributed by atoms with E-state index in [0.717, 1.165) is 25.8 Å². The highest BCUT2D eigenvalue weighted by Gasteiger charge is 2.28. The Morgan fingerprint density at radius 1 is 1.11 bits per heavy atom. The third-order valence-corrected chi connectivity index (χ3v) is 5.34. The van der Waals surface area contributed by atoms with Crippen molar-refractivity contribution in [3.05, 3.63) is 42.6 Å². The number of para-hydroxylation sites is 1. The molecule has 0 radical (unpaired) electrons. The summed E-state index contributed by atoms with van der Waals surface area (Å²) in [6.07, 6.45) is 2.11. The zero-order chi connectivity index (χ0) is 18.8. The van der Waals surface area contributed by atoms with Gasteiger partial charge in [-0.25, -0.2) is 4.98 Å². The molecule has 1 aliphatic rings. The first kappa shape index (κ1) is 17.3. The van der Waals surface area contributed by atoms with Crippen molar-refractivity contribution in [1.82, 2.24) is 14.9 Å². The number of carbonyl (C=O) groups is 3. The van der Waals surface area contributed by atoms with E-state index < -0.39 is 0 Å². The molecule has 136 valence electrons. The lowest BCUT2D eigenvalue weighted by molar-refractivity contribution is -0.138. The monoisotopic (exact) mass is 380 g/mol. The molecule has 0 unspecified atom stereocenters. The van der Waals surface area contributed by atoms with Crippen LogP contribution in [-0.2, 0) is 14.4 Å². The molecule has 3 aromatic rings. The van der Waals surface area contributed by atoms with Gasteiger partial charge in [0.15, 0.2) is 0 Å². The van der Waals surface area contributed by atoms with Gasteiger partial charge in [-0.1, -0.05) is 12.1 Å². The van der Waals surface area contributed by atoms with Gasteiger partial charge >= 0.3 is 0 Å². The second kappa shape index (κ2) is 7.24. The lowest BCUT2D eigenvalue weighted by Gasteiger charge is -2.13. The number of rotatable bonds is 5. The molecule has 27 heavy (non-hydrogen) atoms. The maximum absolute atomic E-state index is 12.1. The average Bonchev–Trinajstić information content (AvgIpc) is 3.24. The second-order valence-electron chi connectivity index (χ2n) is 6.16. The summed E-state index contributed by atoms with van der Waals surface area (Å²) in [5.74, 6) is -0.693. The van der Waals surface area contributed by atoms with Crippen LogP contribution in [0.25, 0.3) is 20.9 Å². The van der Waals surface area contributed by atoms with Crippen LogP contribution in [0.1, 0.15) is 19.3 Å². The zero-order valence-corrected chi connectivity index (χ0v) is 15.2. The fourth-order valence-electron chi connectivity index (χ4n) is 2.89. The predicted molar refractivity (Wildman–Crippen MR) is 102 cm³/mol. The quantitative estimate of drug-likeness (QED) is 0.687. The summed E-state index contributed by atoms with van der Waals surface area (Å²) in [4.78, 5) is 45.2. The Balaban J connectivity index is 1.38. The van der Waals surface area contributed by atoms with Gasteiger partial charge in [-0.15, -0.1) is 11.3 Å². The van der Waals surface area contributed by atoms with E-state index in [-0.39, 0.29) is 43.5 Å². The summed E-state index contributed by atoms with van der Waals surface area (Å²) in [5, 5.41) is 3.55. The molecule has 7 nitrogen and oxygen atoms in total. The number of aromatic nitrogens is 2. The Kier molecular flexibility index (Phi) is 4.64. The van der Waals surface area contributed by atoms with Crippen molar-refractivity contribution in [2.45, 2.75) is 19.3 Å². The maximum Gasteiger partial charge on any atom is 0.229 e. The SMILES string of the molecule is O=C(CCN1C(=O)CCC1=O)Nc1ccc(-c2nc3ccccc3s2)nc1. The van der Waals surface area contributed by atoms with Crippen LogP contribution < -0.4 is 5.32 Å². The molecule has 0 bridgehead atoms. The molecular weight excluding hydrogens is 364 g/mol. The number of thiazole rings is 1. The molecule has 3 heterocycles. The Hall–Kier alpha value is -3.13. The van der Waals surface area contributed by atoms with E-state index in [1.165, 1.54) is 0 Å². The Labute approximate surface area is 159 Å². The van der Waals surface area contributed by atoms with Crippen molar-refractivity contribution in [3.63, 3.8) is 0 Å². The number of likely N-dealkylation sites (tertiary alicyclic amines) is 1. The molecule has 3 amide bonds. The van der Waals surface area contributed by atoms with Crippen molar-refractivity contribution < 1.29 is 14.4 Å². The highest BCUT2D eigenvalue weighted by Crippen LogP contribution is 2.29. The lowest BCUT2D eigenvalue weighted by atomic mass is 10.3. The van der Waals surface area contributed by atoms with Gasteiger partial charge in [0.2, 0.25) is 17.7 Å². The molecule has 1 saturated heterocycles. The molecule has 0 saturated carbocycles.